The number of rotatable bonds is 8. The molecule has 0 radical (unpaired) electrons. The van der Waals surface area contributed by atoms with E-state index in [1.807, 2.05) is 19.9 Å². The van der Waals surface area contributed by atoms with Crippen molar-refractivity contribution in [3.05, 3.63) is 258 Å². The van der Waals surface area contributed by atoms with Gasteiger partial charge in [0.1, 0.15) is 41.6 Å². The number of aromatic nitrogens is 8. The standard InChI is InChI=1S/C24H25N2S.C23H23N2S.C22H21N2S.C19H23N2S.2CH4/c1-14-12-17(4)18(5)19(13-14)20-10-11-21-23(26(20)6)25-24(27-21)22-15(2)8-7-9-16(22)3;1-14-6-8-18(9-7-14)23-24-22-21(26-23)11-10-20(25(22)5)19-13-15(2)12-16(3)17(19)4;1-14-12-15(2)16(3)18(13-14)19-10-11-20-21(24(19)4)23-22(25-20)17-8-6-5-7-9-17;1-11(2)19-20-18-17(22-19)8-7-16(21(18)6)15-10-12(3)9-13(4)14(15)5;;/h7-13H,1-6H3;6-13H,1-5H3;5-13H,1-4H3;7-11H,1-6H3;2*1H4/q4*+1;;/i;;;11D;;. The molecular formula is C90H100N8S4+4. The average molecular weight is 1420 g/mol. The zero-order valence-corrected chi connectivity index (χ0v) is 65.1. The van der Waals surface area contributed by atoms with Gasteiger partial charge in [0.15, 0.2) is 0 Å². The SMILES string of the molecule is C.C.Cc1cc(C)c(C)c(-c2ccc3sc(-c4c(C)cccc4C)nc3[n+]2C)c1.Cc1cc(C)c(C)c(-c2ccc3sc(-c4ccccc4)nc3[n+]2C)c1.Cc1ccc(-c2nc3c(ccc(-c4cc(C)cc(C)c4C)[n+]3C)s2)cc1.[2H]C(C)(C)c1nc2c(ccc(-c3cc(C)cc(C)c3C)[n+]2C)s1. The molecule has 0 spiro atoms. The van der Waals surface area contributed by atoms with Crippen molar-refractivity contribution >= 4 is 86.7 Å². The number of nitrogens with zero attached hydrogens (tertiary/aromatic N) is 8. The molecule has 520 valence electrons. The minimum atomic E-state index is -0.660. The Morgan fingerprint density at radius 2 is 0.608 bits per heavy atom. The van der Waals surface area contributed by atoms with E-state index in [0.29, 0.717) is 0 Å². The number of thiazole rings is 4. The van der Waals surface area contributed by atoms with Gasteiger partial charge in [-0.25, -0.2) is 18.3 Å². The van der Waals surface area contributed by atoms with Gasteiger partial charge in [0.25, 0.3) is 0 Å². The Balaban J connectivity index is 0.000000147. The van der Waals surface area contributed by atoms with Crippen LogP contribution in [0.15, 0.2) is 170 Å². The Morgan fingerprint density at radius 1 is 0.304 bits per heavy atom. The first-order valence-electron chi connectivity index (χ1n) is 34.7. The largest absolute Gasteiger partial charge is 0.342 e. The Hall–Kier alpha value is -9.30. The van der Waals surface area contributed by atoms with Gasteiger partial charge in [-0.2, -0.15) is 0 Å². The van der Waals surface area contributed by atoms with Gasteiger partial charge in [-0.3, -0.25) is 0 Å². The monoisotopic (exact) mass is 1420 g/mol. The lowest BCUT2D eigenvalue weighted by Crippen LogP contribution is -2.32. The van der Waals surface area contributed by atoms with Crippen LogP contribution in [0, 0.1) is 104 Å². The number of hydrogen-bond donors (Lipinski definition) is 0. The second-order valence-electron chi connectivity index (χ2n) is 27.5. The van der Waals surface area contributed by atoms with Crippen LogP contribution in [0.1, 0.15) is 124 Å². The summed E-state index contributed by atoms with van der Waals surface area (Å²) in [6, 6.07) is 61.1. The maximum Gasteiger partial charge on any atom is 0.342 e. The van der Waals surface area contributed by atoms with Gasteiger partial charge in [-0.05, 0) is 276 Å². The Bertz CT molecular complexity index is 5670. The number of pyridine rings is 4. The normalized spacial score (nSPS) is 11.4. The molecule has 0 amide bonds. The Kier molecular flexibility index (Phi) is 22.5. The third-order valence-electron chi connectivity index (χ3n) is 19.6. The minimum Gasteiger partial charge on any atom is -0.225 e. The topological polar surface area (TPSA) is 67.1 Å². The van der Waals surface area contributed by atoms with Gasteiger partial charge in [0.2, 0.25) is 20.0 Å². The Labute approximate surface area is 623 Å². The first kappa shape index (κ1) is 73.9. The third kappa shape index (κ3) is 15.3. The van der Waals surface area contributed by atoms with E-state index in [1.54, 1.807) is 45.3 Å². The van der Waals surface area contributed by atoms with Crippen LogP contribution >= 0.6 is 45.3 Å². The molecule has 8 aromatic heterocycles. The number of aryl methyl sites for hydroxylation is 15. The van der Waals surface area contributed by atoms with Gasteiger partial charge in [0, 0.05) is 46.2 Å². The van der Waals surface area contributed by atoms with E-state index in [0.717, 1.165) is 47.3 Å². The molecule has 8 heterocycles. The van der Waals surface area contributed by atoms with E-state index in [9.17, 15) is 0 Å². The number of fused-ring (bicyclic) bond motifs is 4. The summed E-state index contributed by atoms with van der Waals surface area (Å²) in [5.74, 6) is -0.660. The average Bonchev–Trinajstić information content (AvgIpc) is 1.70. The maximum atomic E-state index is 8.22. The number of benzene rings is 7. The summed E-state index contributed by atoms with van der Waals surface area (Å²) >= 11 is 6.89. The van der Waals surface area contributed by atoms with Crippen LogP contribution in [0.4, 0.5) is 0 Å². The lowest BCUT2D eigenvalue weighted by Gasteiger charge is -2.11. The summed E-state index contributed by atoms with van der Waals surface area (Å²) in [6.07, 6.45) is 0. The molecule has 0 unspecified atom stereocenters. The molecule has 8 nitrogen and oxygen atoms in total. The Morgan fingerprint density at radius 3 is 0.951 bits per heavy atom. The maximum absolute atomic E-state index is 8.22. The molecule has 7 aromatic carbocycles. The van der Waals surface area contributed by atoms with Crippen LogP contribution in [0.3, 0.4) is 0 Å². The molecule has 0 saturated heterocycles. The fourth-order valence-electron chi connectivity index (χ4n) is 13.5. The van der Waals surface area contributed by atoms with Crippen molar-refractivity contribution in [1.82, 2.24) is 19.9 Å². The predicted molar refractivity (Wildman–Crippen MR) is 440 cm³/mol. The van der Waals surface area contributed by atoms with Crippen LogP contribution in [0.2, 0.25) is 0 Å². The van der Waals surface area contributed by atoms with E-state index in [2.05, 4.69) is 314 Å². The summed E-state index contributed by atoms with van der Waals surface area (Å²) in [7, 11) is 8.43. The van der Waals surface area contributed by atoms with Crippen LogP contribution in [0.5, 0.6) is 0 Å². The van der Waals surface area contributed by atoms with E-state index in [-0.39, 0.29) is 14.9 Å². The van der Waals surface area contributed by atoms with Gasteiger partial charge in [-0.1, -0.05) is 175 Å². The van der Waals surface area contributed by atoms with E-state index in [1.165, 1.54) is 159 Å². The molecule has 0 aliphatic heterocycles. The highest BCUT2D eigenvalue weighted by molar-refractivity contribution is 7.22. The molecule has 0 aliphatic carbocycles. The van der Waals surface area contributed by atoms with Crippen LogP contribution in [-0.4, -0.2) is 19.9 Å². The van der Waals surface area contributed by atoms with Crippen molar-refractivity contribution in [1.29, 1.82) is 0 Å². The van der Waals surface area contributed by atoms with E-state index in [4.69, 9.17) is 21.3 Å². The summed E-state index contributed by atoms with van der Waals surface area (Å²) in [6.45, 7) is 36.3. The number of hydrogen-bond acceptors (Lipinski definition) is 8. The summed E-state index contributed by atoms with van der Waals surface area (Å²) in [5.41, 5.74) is 37.2. The summed E-state index contributed by atoms with van der Waals surface area (Å²) < 4.78 is 21.9. The van der Waals surface area contributed by atoms with Crippen LogP contribution in [0.25, 0.3) is 118 Å². The van der Waals surface area contributed by atoms with Gasteiger partial charge >= 0.3 is 22.6 Å². The van der Waals surface area contributed by atoms with Gasteiger partial charge in [0.05, 0.1) is 28.2 Å². The van der Waals surface area contributed by atoms with Gasteiger partial charge < -0.3 is 0 Å². The molecular weight excluding hydrogens is 1320 g/mol. The fourth-order valence-corrected chi connectivity index (χ4v) is 17.7. The molecule has 15 rings (SSSR count). The van der Waals surface area contributed by atoms with Gasteiger partial charge in [-0.15, -0.1) is 0 Å². The smallest absolute Gasteiger partial charge is 0.225 e. The molecule has 0 fully saturated rings. The van der Waals surface area contributed by atoms with Crippen molar-refractivity contribution in [3.63, 3.8) is 0 Å². The van der Waals surface area contributed by atoms with Crippen molar-refractivity contribution in [3.8, 4) is 76.7 Å². The summed E-state index contributed by atoms with van der Waals surface area (Å²) in [5, 5.41) is 4.10. The van der Waals surface area contributed by atoms with E-state index < -0.39 is 5.89 Å². The van der Waals surface area contributed by atoms with Crippen LogP contribution < -0.4 is 18.3 Å². The molecule has 15 aromatic rings. The highest BCUT2D eigenvalue weighted by Crippen LogP contribution is 2.38. The summed E-state index contributed by atoms with van der Waals surface area (Å²) in [4.78, 5) is 19.7. The lowest BCUT2D eigenvalue weighted by atomic mass is 9.97. The zero-order valence-electron chi connectivity index (χ0n) is 62.9. The molecule has 0 atom stereocenters. The molecule has 0 aliphatic rings. The van der Waals surface area contributed by atoms with Crippen molar-refractivity contribution in [2.75, 3.05) is 0 Å². The molecule has 0 bridgehead atoms. The molecule has 0 N–H and O–H groups in total. The first-order valence-corrected chi connectivity index (χ1v) is 37.5. The predicted octanol–water partition coefficient (Wildman–Crippen LogP) is 23.2. The van der Waals surface area contributed by atoms with Crippen molar-refractivity contribution in [2.24, 2.45) is 28.2 Å². The molecule has 12 heteroatoms. The fraction of sp³-hybridized carbons (Fsp3) is 0.267. The van der Waals surface area contributed by atoms with E-state index >= 15 is 0 Å². The van der Waals surface area contributed by atoms with Crippen LogP contribution in [-0.2, 0) is 28.2 Å². The van der Waals surface area contributed by atoms with Crippen molar-refractivity contribution in [2.45, 2.75) is 138 Å². The molecule has 0 saturated carbocycles. The quantitative estimate of drug-likeness (QED) is 0.142. The van der Waals surface area contributed by atoms with Crippen molar-refractivity contribution < 1.29 is 19.6 Å². The highest BCUT2D eigenvalue weighted by atomic mass is 32.1. The highest BCUT2D eigenvalue weighted by Gasteiger charge is 2.27. The second-order valence-corrected chi connectivity index (χ2v) is 31.6. The third-order valence-corrected chi connectivity index (χ3v) is 24.0. The second kappa shape index (κ2) is 31.1. The lowest BCUT2D eigenvalue weighted by molar-refractivity contribution is -0.635. The zero-order chi connectivity index (χ0) is 72.2. The minimum absolute atomic E-state index is 0. The molecule has 102 heavy (non-hydrogen) atoms. The first-order chi connectivity index (χ1) is 48.0.